The fourth-order valence-electron chi connectivity index (χ4n) is 3.56. The molecule has 0 fully saturated rings. The molecule has 1 aliphatic carbocycles. The van der Waals surface area contributed by atoms with Gasteiger partial charge in [0.15, 0.2) is 0 Å². The maximum Gasteiger partial charge on any atom is 0.223 e. The fourth-order valence-corrected chi connectivity index (χ4v) is 3.56. The average Bonchev–Trinajstić information content (AvgIpc) is 2.98. The van der Waals surface area contributed by atoms with Crippen LogP contribution in [0.25, 0.3) is 0 Å². The molecule has 4 heteroatoms. The lowest BCUT2D eigenvalue weighted by atomic mass is 9.92. The Kier molecular flexibility index (Phi) is 5.34. The molecular formula is C20H27N3O. The summed E-state index contributed by atoms with van der Waals surface area (Å²) in [7, 11) is 1.98. The average molecular weight is 325 g/mol. The molecule has 0 saturated heterocycles. The molecule has 2 atom stereocenters. The van der Waals surface area contributed by atoms with Crippen LogP contribution in [0.5, 0.6) is 0 Å². The van der Waals surface area contributed by atoms with Crippen LogP contribution in [0.1, 0.15) is 55.5 Å². The lowest BCUT2D eigenvalue weighted by molar-refractivity contribution is -0.125. The number of fused-ring (bicyclic) bond motifs is 1. The highest BCUT2D eigenvalue weighted by Crippen LogP contribution is 2.29. The smallest absolute Gasteiger partial charge is 0.223 e. The van der Waals surface area contributed by atoms with Crippen molar-refractivity contribution < 1.29 is 4.79 Å². The highest BCUT2D eigenvalue weighted by Gasteiger charge is 2.26. The molecule has 0 unspecified atom stereocenters. The summed E-state index contributed by atoms with van der Waals surface area (Å²) in [5.74, 6) is 0.223. The number of rotatable bonds is 6. The SMILES string of the molecule is C[C@H](CCCc1ccccc1)C(=O)N[C@H]1CCCc2c1cnn2C. The van der Waals surface area contributed by atoms with Crippen LogP contribution in [0.15, 0.2) is 36.5 Å². The molecule has 128 valence electrons. The van der Waals surface area contributed by atoms with E-state index in [0.29, 0.717) is 0 Å². The van der Waals surface area contributed by atoms with Gasteiger partial charge in [0.1, 0.15) is 0 Å². The molecule has 0 spiro atoms. The van der Waals surface area contributed by atoms with E-state index in [1.54, 1.807) is 0 Å². The van der Waals surface area contributed by atoms with E-state index in [0.717, 1.165) is 38.5 Å². The Bertz CT molecular complexity index is 677. The Labute approximate surface area is 144 Å². The van der Waals surface area contributed by atoms with E-state index in [1.807, 2.05) is 30.9 Å². The first-order valence-corrected chi connectivity index (χ1v) is 9.00. The van der Waals surface area contributed by atoms with E-state index in [1.165, 1.54) is 16.8 Å². The normalized spacial score (nSPS) is 18.0. The molecule has 0 saturated carbocycles. The molecule has 0 radical (unpaired) electrons. The van der Waals surface area contributed by atoms with Crippen LogP contribution >= 0.6 is 0 Å². The lowest BCUT2D eigenvalue weighted by Crippen LogP contribution is -2.34. The number of nitrogens with one attached hydrogen (secondary N) is 1. The minimum absolute atomic E-state index is 0.0516. The summed E-state index contributed by atoms with van der Waals surface area (Å²) < 4.78 is 1.94. The van der Waals surface area contributed by atoms with Gasteiger partial charge in [0, 0.05) is 24.2 Å². The second kappa shape index (κ2) is 7.65. The van der Waals surface area contributed by atoms with E-state index < -0.39 is 0 Å². The molecule has 4 nitrogen and oxygen atoms in total. The number of aryl methyl sites for hydroxylation is 2. The molecule has 1 aromatic carbocycles. The van der Waals surface area contributed by atoms with E-state index in [2.05, 4.69) is 34.7 Å². The van der Waals surface area contributed by atoms with Crippen LogP contribution in [0.2, 0.25) is 0 Å². The number of carbonyl (C=O) groups excluding carboxylic acids is 1. The zero-order valence-corrected chi connectivity index (χ0v) is 14.7. The van der Waals surface area contributed by atoms with Crippen molar-refractivity contribution in [3.63, 3.8) is 0 Å². The van der Waals surface area contributed by atoms with Gasteiger partial charge in [-0.1, -0.05) is 37.3 Å². The van der Waals surface area contributed by atoms with Crippen molar-refractivity contribution in [2.75, 3.05) is 0 Å². The number of hydrogen-bond acceptors (Lipinski definition) is 2. The predicted molar refractivity (Wildman–Crippen MR) is 95.6 cm³/mol. The van der Waals surface area contributed by atoms with Crippen molar-refractivity contribution in [1.29, 1.82) is 0 Å². The summed E-state index contributed by atoms with van der Waals surface area (Å²) in [4.78, 5) is 12.5. The number of nitrogens with zero attached hydrogens (tertiary/aromatic N) is 2. The van der Waals surface area contributed by atoms with Crippen LogP contribution < -0.4 is 5.32 Å². The summed E-state index contributed by atoms with van der Waals surface area (Å²) in [6, 6.07) is 10.6. The van der Waals surface area contributed by atoms with Crippen molar-refractivity contribution in [2.24, 2.45) is 13.0 Å². The lowest BCUT2D eigenvalue weighted by Gasteiger charge is -2.25. The molecule has 1 aromatic heterocycles. The molecule has 3 rings (SSSR count). The van der Waals surface area contributed by atoms with Gasteiger partial charge < -0.3 is 5.32 Å². The third kappa shape index (κ3) is 3.86. The van der Waals surface area contributed by atoms with Crippen LogP contribution in [0.4, 0.5) is 0 Å². The minimum Gasteiger partial charge on any atom is -0.349 e. The summed E-state index contributed by atoms with van der Waals surface area (Å²) in [6.45, 7) is 2.04. The Morgan fingerprint density at radius 3 is 2.96 bits per heavy atom. The monoisotopic (exact) mass is 325 g/mol. The number of aromatic nitrogens is 2. The van der Waals surface area contributed by atoms with Gasteiger partial charge in [0.25, 0.3) is 0 Å². The largest absolute Gasteiger partial charge is 0.349 e. The quantitative estimate of drug-likeness (QED) is 0.882. The molecule has 2 aromatic rings. The van der Waals surface area contributed by atoms with Crippen molar-refractivity contribution in [1.82, 2.24) is 15.1 Å². The van der Waals surface area contributed by atoms with Gasteiger partial charge in [-0.15, -0.1) is 0 Å². The van der Waals surface area contributed by atoms with E-state index >= 15 is 0 Å². The van der Waals surface area contributed by atoms with Gasteiger partial charge in [0.05, 0.1) is 12.2 Å². The maximum atomic E-state index is 12.5. The Balaban J connectivity index is 1.50. The van der Waals surface area contributed by atoms with Crippen molar-refractivity contribution in [2.45, 2.75) is 51.5 Å². The molecule has 0 aliphatic heterocycles. The maximum absolute atomic E-state index is 12.5. The van der Waals surface area contributed by atoms with E-state index in [-0.39, 0.29) is 17.9 Å². The van der Waals surface area contributed by atoms with Crippen LogP contribution in [0.3, 0.4) is 0 Å². The van der Waals surface area contributed by atoms with Crippen molar-refractivity contribution in [3.05, 3.63) is 53.3 Å². The number of hydrogen-bond donors (Lipinski definition) is 1. The molecule has 0 bridgehead atoms. The summed E-state index contributed by atoms with van der Waals surface area (Å²) in [5.41, 5.74) is 3.81. The minimum atomic E-state index is 0.0516. The Hall–Kier alpha value is -2.10. The fraction of sp³-hybridized carbons (Fsp3) is 0.500. The molecule has 24 heavy (non-hydrogen) atoms. The van der Waals surface area contributed by atoms with Gasteiger partial charge in [-0.3, -0.25) is 9.48 Å². The standard InChI is InChI=1S/C20H27N3O/c1-15(8-6-11-16-9-4-3-5-10-16)20(24)22-18-12-7-13-19-17(18)14-21-23(19)2/h3-5,9-10,14-15,18H,6-8,11-13H2,1-2H3,(H,22,24)/t15-,18+/m1/s1. The summed E-state index contributed by atoms with van der Waals surface area (Å²) in [6.07, 6.45) is 8.11. The van der Waals surface area contributed by atoms with Gasteiger partial charge in [-0.2, -0.15) is 5.10 Å². The molecule has 1 N–H and O–H groups in total. The second-order valence-electron chi connectivity index (χ2n) is 6.90. The first-order valence-electron chi connectivity index (χ1n) is 9.00. The predicted octanol–water partition coefficient (Wildman–Crippen LogP) is 3.57. The van der Waals surface area contributed by atoms with Crippen molar-refractivity contribution >= 4 is 5.91 Å². The van der Waals surface area contributed by atoms with Gasteiger partial charge in [0.2, 0.25) is 5.91 Å². The Morgan fingerprint density at radius 2 is 2.17 bits per heavy atom. The Morgan fingerprint density at radius 1 is 1.38 bits per heavy atom. The van der Waals surface area contributed by atoms with Gasteiger partial charge in [-0.05, 0) is 44.1 Å². The highest BCUT2D eigenvalue weighted by molar-refractivity contribution is 5.78. The van der Waals surface area contributed by atoms with Crippen LogP contribution in [0, 0.1) is 5.92 Å². The molecule has 1 aliphatic rings. The first-order chi connectivity index (χ1) is 11.6. The molecule has 1 amide bonds. The summed E-state index contributed by atoms with van der Waals surface area (Å²) >= 11 is 0. The summed E-state index contributed by atoms with van der Waals surface area (Å²) in [5, 5.41) is 7.59. The van der Waals surface area contributed by atoms with Gasteiger partial charge in [-0.25, -0.2) is 0 Å². The number of benzene rings is 1. The zero-order chi connectivity index (χ0) is 16.9. The zero-order valence-electron chi connectivity index (χ0n) is 14.7. The van der Waals surface area contributed by atoms with Gasteiger partial charge >= 0.3 is 0 Å². The van der Waals surface area contributed by atoms with Crippen LogP contribution in [-0.2, 0) is 24.7 Å². The van der Waals surface area contributed by atoms with Crippen LogP contribution in [-0.4, -0.2) is 15.7 Å². The molecule has 1 heterocycles. The second-order valence-corrected chi connectivity index (χ2v) is 6.90. The van der Waals surface area contributed by atoms with E-state index in [4.69, 9.17) is 0 Å². The first kappa shape index (κ1) is 16.7. The molecular weight excluding hydrogens is 298 g/mol. The topological polar surface area (TPSA) is 46.9 Å². The highest BCUT2D eigenvalue weighted by atomic mass is 16.1. The number of carbonyl (C=O) groups is 1. The van der Waals surface area contributed by atoms with E-state index in [9.17, 15) is 4.79 Å². The third-order valence-corrected chi connectivity index (χ3v) is 5.09. The third-order valence-electron chi connectivity index (χ3n) is 5.09. The number of amides is 1. The van der Waals surface area contributed by atoms with Crippen molar-refractivity contribution in [3.8, 4) is 0 Å².